The van der Waals surface area contributed by atoms with Gasteiger partial charge >= 0.3 is 11.6 Å². The number of hydrogen-bond donors (Lipinski definition) is 1. The number of esters is 1. The number of carbonyl (C=O) groups is 1. The smallest absolute Gasteiger partial charge is 0.341 e. The minimum Gasteiger partial charge on any atom is -0.469 e. The lowest BCUT2D eigenvalue weighted by Gasteiger charge is -2.05. The topological polar surface area (TPSA) is 85.2 Å². The van der Waals surface area contributed by atoms with E-state index < -0.39 is 11.6 Å². The molecule has 1 N–H and O–H groups in total. The maximum atomic E-state index is 12.0. The summed E-state index contributed by atoms with van der Waals surface area (Å²) in [6.45, 7) is 1.78. The van der Waals surface area contributed by atoms with E-state index in [1.54, 1.807) is 6.92 Å². The summed E-state index contributed by atoms with van der Waals surface area (Å²) in [5.74, 6) is -0.487. The van der Waals surface area contributed by atoms with Crippen LogP contribution in [-0.4, -0.2) is 23.3 Å². The van der Waals surface area contributed by atoms with Crippen LogP contribution in [0.5, 0.6) is 0 Å². The summed E-state index contributed by atoms with van der Waals surface area (Å²) in [5.41, 5.74) is 2.30. The minimum atomic E-state index is -0.568. The molecule has 0 radical (unpaired) electrons. The van der Waals surface area contributed by atoms with Crippen LogP contribution in [0.4, 0.5) is 0 Å². The maximum Gasteiger partial charge on any atom is 0.341 e. The van der Waals surface area contributed by atoms with Gasteiger partial charge in [-0.2, -0.15) is 0 Å². The predicted octanol–water partition coefficient (Wildman–Crippen LogP) is 2.21. The second-order valence-electron chi connectivity index (χ2n) is 4.89. The summed E-state index contributed by atoms with van der Waals surface area (Å²) in [5, 5.41) is 7.64. The monoisotopic (exact) mass is 298 g/mol. The van der Waals surface area contributed by atoms with Gasteiger partial charge in [-0.1, -0.05) is 30.3 Å². The third-order valence-electron chi connectivity index (χ3n) is 3.61. The van der Waals surface area contributed by atoms with Gasteiger partial charge in [-0.15, -0.1) is 5.10 Å². The van der Waals surface area contributed by atoms with Crippen molar-refractivity contribution in [3.8, 4) is 11.3 Å². The van der Waals surface area contributed by atoms with Crippen LogP contribution in [0.15, 0.2) is 39.5 Å². The van der Waals surface area contributed by atoms with Crippen molar-refractivity contribution in [2.24, 2.45) is 0 Å². The normalized spacial score (nSPS) is 10.8. The molecule has 0 saturated carbocycles. The van der Waals surface area contributed by atoms with Crippen molar-refractivity contribution in [1.29, 1.82) is 0 Å². The fourth-order valence-electron chi connectivity index (χ4n) is 2.44. The summed E-state index contributed by atoms with van der Waals surface area (Å²) in [6, 6.07) is 9.59. The summed E-state index contributed by atoms with van der Waals surface area (Å²) in [7, 11) is 1.28. The van der Waals surface area contributed by atoms with E-state index in [9.17, 15) is 9.59 Å². The van der Waals surface area contributed by atoms with Crippen LogP contribution in [0.3, 0.4) is 0 Å². The number of benzene rings is 1. The lowest BCUT2D eigenvalue weighted by Crippen LogP contribution is -2.16. The Labute approximate surface area is 125 Å². The van der Waals surface area contributed by atoms with Crippen LogP contribution in [0.25, 0.3) is 22.4 Å². The van der Waals surface area contributed by atoms with Crippen molar-refractivity contribution in [3.05, 3.63) is 51.9 Å². The van der Waals surface area contributed by atoms with Crippen molar-refractivity contribution in [2.75, 3.05) is 7.11 Å². The average molecular weight is 298 g/mol. The quantitative estimate of drug-likeness (QED) is 0.749. The van der Waals surface area contributed by atoms with E-state index in [2.05, 4.69) is 14.9 Å². The van der Waals surface area contributed by atoms with Gasteiger partial charge in [0.15, 0.2) is 0 Å². The summed E-state index contributed by atoms with van der Waals surface area (Å²) in [6.07, 6.45) is -0.125. The standard InChI is InChI=1S/C16H14N2O4/c1-9-11(8-12(19)21-2)16(20)22-15-13(9)14(17-18-15)10-6-4-3-5-7-10/h3-7H,8H2,1-2H3,(H,17,18). The first-order valence-electron chi connectivity index (χ1n) is 6.74. The molecule has 6 nitrogen and oxygen atoms in total. The Kier molecular flexibility index (Phi) is 3.50. The van der Waals surface area contributed by atoms with Crippen LogP contribution >= 0.6 is 0 Å². The molecule has 2 aromatic heterocycles. The highest BCUT2D eigenvalue weighted by Gasteiger charge is 2.19. The summed E-state index contributed by atoms with van der Waals surface area (Å²) < 4.78 is 9.85. The highest BCUT2D eigenvalue weighted by atomic mass is 16.5. The molecule has 6 heteroatoms. The molecule has 3 aromatic rings. The Morgan fingerprint density at radius 2 is 2.05 bits per heavy atom. The van der Waals surface area contributed by atoms with E-state index in [-0.39, 0.29) is 17.7 Å². The van der Waals surface area contributed by atoms with Crippen LogP contribution in [0, 0.1) is 6.92 Å². The molecule has 0 aliphatic carbocycles. The van der Waals surface area contributed by atoms with Crippen LogP contribution in [0.1, 0.15) is 11.1 Å². The van der Waals surface area contributed by atoms with Crippen molar-refractivity contribution in [1.82, 2.24) is 10.2 Å². The van der Waals surface area contributed by atoms with Crippen LogP contribution in [-0.2, 0) is 16.0 Å². The molecule has 0 unspecified atom stereocenters. The van der Waals surface area contributed by atoms with E-state index in [1.807, 2.05) is 30.3 Å². The third kappa shape index (κ3) is 2.28. The highest BCUT2D eigenvalue weighted by molar-refractivity contribution is 5.93. The minimum absolute atomic E-state index is 0.125. The zero-order valence-corrected chi connectivity index (χ0v) is 12.2. The fraction of sp³-hybridized carbons (Fsp3) is 0.188. The van der Waals surface area contributed by atoms with Gasteiger partial charge in [-0.25, -0.2) is 4.79 Å². The second-order valence-corrected chi connectivity index (χ2v) is 4.89. The Hall–Kier alpha value is -2.89. The van der Waals surface area contributed by atoms with Gasteiger partial charge in [0.05, 0.1) is 30.2 Å². The average Bonchev–Trinajstić information content (AvgIpc) is 2.95. The van der Waals surface area contributed by atoms with Crippen LogP contribution in [0.2, 0.25) is 0 Å². The van der Waals surface area contributed by atoms with Crippen molar-refractivity contribution < 1.29 is 13.9 Å². The maximum absolute atomic E-state index is 12.0. The van der Waals surface area contributed by atoms with Gasteiger partial charge in [-0.3, -0.25) is 9.89 Å². The third-order valence-corrected chi connectivity index (χ3v) is 3.61. The van der Waals surface area contributed by atoms with E-state index >= 15 is 0 Å². The first-order chi connectivity index (χ1) is 10.6. The van der Waals surface area contributed by atoms with Crippen molar-refractivity contribution in [2.45, 2.75) is 13.3 Å². The Morgan fingerprint density at radius 3 is 2.73 bits per heavy atom. The van der Waals surface area contributed by atoms with E-state index in [1.165, 1.54) is 7.11 Å². The molecule has 0 spiro atoms. The van der Waals surface area contributed by atoms with Gasteiger partial charge in [0.2, 0.25) is 5.71 Å². The number of nitrogens with one attached hydrogen (secondary N) is 1. The first kappa shape index (κ1) is 14.1. The van der Waals surface area contributed by atoms with Gasteiger partial charge in [0.25, 0.3) is 0 Å². The molecule has 112 valence electrons. The molecule has 0 saturated heterocycles. The molecule has 0 amide bonds. The number of hydrogen-bond acceptors (Lipinski definition) is 5. The number of carbonyl (C=O) groups excluding carboxylic acids is 1. The van der Waals surface area contributed by atoms with Gasteiger partial charge in [0.1, 0.15) is 0 Å². The number of aromatic amines is 1. The van der Waals surface area contributed by atoms with Gasteiger partial charge in [0, 0.05) is 5.56 Å². The molecule has 0 atom stereocenters. The zero-order chi connectivity index (χ0) is 15.7. The number of H-pyrrole nitrogens is 1. The number of rotatable bonds is 3. The van der Waals surface area contributed by atoms with Crippen LogP contribution < -0.4 is 5.63 Å². The summed E-state index contributed by atoms with van der Waals surface area (Å²) >= 11 is 0. The van der Waals surface area contributed by atoms with Gasteiger partial charge < -0.3 is 9.15 Å². The number of aromatic nitrogens is 2. The molecule has 1 aromatic carbocycles. The summed E-state index contributed by atoms with van der Waals surface area (Å²) in [4.78, 5) is 23.5. The molecule has 2 heterocycles. The van der Waals surface area contributed by atoms with Crippen molar-refractivity contribution in [3.63, 3.8) is 0 Å². The zero-order valence-electron chi connectivity index (χ0n) is 12.2. The van der Waals surface area contributed by atoms with E-state index in [0.717, 1.165) is 11.3 Å². The van der Waals surface area contributed by atoms with E-state index in [4.69, 9.17) is 4.42 Å². The number of nitrogens with zero attached hydrogens (tertiary/aromatic N) is 1. The molecule has 0 aliphatic heterocycles. The number of ether oxygens (including phenoxy) is 1. The number of fused-ring (bicyclic) bond motifs is 1. The van der Waals surface area contributed by atoms with Gasteiger partial charge in [-0.05, 0) is 12.5 Å². The predicted molar refractivity (Wildman–Crippen MR) is 80.5 cm³/mol. The molecular weight excluding hydrogens is 284 g/mol. The first-order valence-corrected chi connectivity index (χ1v) is 6.74. The Bertz CT molecular complexity index is 894. The highest BCUT2D eigenvalue weighted by Crippen LogP contribution is 2.29. The molecule has 3 rings (SSSR count). The molecule has 0 aliphatic rings. The lowest BCUT2D eigenvalue weighted by atomic mass is 10.0. The number of aryl methyl sites for hydroxylation is 1. The SMILES string of the molecule is COC(=O)Cc1c(C)c2c(-c3ccccc3)[nH]nc2oc1=O. The molecule has 0 bridgehead atoms. The molecule has 0 fully saturated rings. The fourth-order valence-corrected chi connectivity index (χ4v) is 2.44. The lowest BCUT2D eigenvalue weighted by molar-refractivity contribution is -0.139. The number of methoxy groups -OCH3 is 1. The molecule has 22 heavy (non-hydrogen) atoms. The second kappa shape index (κ2) is 5.48. The largest absolute Gasteiger partial charge is 0.469 e. The molecular formula is C16H14N2O4. The van der Waals surface area contributed by atoms with E-state index in [0.29, 0.717) is 10.9 Å². The Morgan fingerprint density at radius 1 is 1.32 bits per heavy atom. The Balaban J connectivity index is 2.24. The van der Waals surface area contributed by atoms with Crippen molar-refractivity contribution >= 4 is 17.1 Å².